The average Bonchev–Trinajstić information content (AvgIpc) is 3.12. The van der Waals surface area contributed by atoms with Crippen LogP contribution in [0.2, 0.25) is 0 Å². The lowest BCUT2D eigenvalue weighted by molar-refractivity contribution is -0.158. The Labute approximate surface area is 222 Å². The van der Waals surface area contributed by atoms with E-state index in [1.165, 1.54) is 12.0 Å². The third-order valence-electron chi connectivity index (χ3n) is 6.33. The number of ether oxygens (including phenoxy) is 2. The molecule has 3 aromatic carbocycles. The first kappa shape index (κ1) is 27.0. The fourth-order valence-electron chi connectivity index (χ4n) is 4.48. The number of nitrogens with zero attached hydrogens (tertiary/aromatic N) is 1. The lowest BCUT2D eigenvalue weighted by atomic mass is 9.99. The van der Waals surface area contributed by atoms with Crippen LogP contribution in [0.3, 0.4) is 0 Å². The molecule has 198 valence electrons. The lowest BCUT2D eigenvalue weighted by Gasteiger charge is -2.24. The third-order valence-corrected chi connectivity index (χ3v) is 6.33. The van der Waals surface area contributed by atoms with Crippen LogP contribution in [0.15, 0.2) is 60.7 Å². The molecule has 2 N–H and O–H groups in total. The molecule has 0 saturated heterocycles. The first-order chi connectivity index (χ1) is 18.1. The standard InChI is InChI=1S/C30H32N2O6/c1-18-21(19-10-7-6-8-11-19)12-9-13-25(18)32-27(34)22-14-20(26(37-5)15-23(22)28(32)35)16-31-24(17-33)29(36)38-30(2,3)4/h6-15,24,31,33H,16-17H2,1-5H3/t24-/m0/s1. The molecule has 0 bridgehead atoms. The van der Waals surface area contributed by atoms with E-state index in [9.17, 15) is 19.5 Å². The molecule has 0 radical (unpaired) electrons. The molecule has 0 fully saturated rings. The number of aliphatic hydroxyl groups is 1. The van der Waals surface area contributed by atoms with Crippen molar-refractivity contribution < 1.29 is 29.0 Å². The van der Waals surface area contributed by atoms with Gasteiger partial charge in [0.25, 0.3) is 11.8 Å². The Morgan fingerprint density at radius 1 is 0.974 bits per heavy atom. The van der Waals surface area contributed by atoms with Crippen molar-refractivity contribution in [3.63, 3.8) is 0 Å². The Morgan fingerprint density at radius 2 is 1.63 bits per heavy atom. The van der Waals surface area contributed by atoms with Crippen molar-refractivity contribution >= 4 is 23.5 Å². The van der Waals surface area contributed by atoms with Gasteiger partial charge in [0.15, 0.2) is 0 Å². The SMILES string of the molecule is COc1cc2c(cc1CN[C@@H](CO)C(=O)OC(C)(C)C)C(=O)N(c1cccc(-c3ccccc3)c1C)C2=O. The first-order valence-electron chi connectivity index (χ1n) is 12.4. The summed E-state index contributed by atoms with van der Waals surface area (Å²) in [6.07, 6.45) is 0. The molecule has 0 spiro atoms. The molecule has 38 heavy (non-hydrogen) atoms. The predicted octanol–water partition coefficient (Wildman–Crippen LogP) is 4.26. The molecule has 3 aromatic rings. The quantitative estimate of drug-likeness (QED) is 0.340. The minimum atomic E-state index is -0.968. The molecule has 1 aliphatic rings. The number of benzene rings is 3. The van der Waals surface area contributed by atoms with Crippen molar-refractivity contribution in [3.05, 3.63) is 82.9 Å². The minimum Gasteiger partial charge on any atom is -0.496 e. The minimum absolute atomic E-state index is 0.102. The molecule has 0 aliphatic carbocycles. The molecule has 1 atom stereocenters. The monoisotopic (exact) mass is 516 g/mol. The molecule has 2 amide bonds. The van der Waals surface area contributed by atoms with E-state index in [4.69, 9.17) is 9.47 Å². The summed E-state index contributed by atoms with van der Waals surface area (Å²) in [5, 5.41) is 12.7. The number of carbonyl (C=O) groups is 3. The number of rotatable bonds is 8. The Kier molecular flexibility index (Phi) is 7.66. The molecule has 0 unspecified atom stereocenters. The van der Waals surface area contributed by atoms with Crippen LogP contribution in [0.25, 0.3) is 11.1 Å². The van der Waals surface area contributed by atoms with Crippen molar-refractivity contribution in [2.75, 3.05) is 18.6 Å². The number of aliphatic hydroxyl groups excluding tert-OH is 1. The highest BCUT2D eigenvalue weighted by atomic mass is 16.6. The maximum Gasteiger partial charge on any atom is 0.326 e. The number of nitrogens with one attached hydrogen (secondary N) is 1. The van der Waals surface area contributed by atoms with E-state index in [-0.39, 0.29) is 17.7 Å². The zero-order valence-corrected chi connectivity index (χ0v) is 22.2. The van der Waals surface area contributed by atoms with Gasteiger partial charge in [0.1, 0.15) is 17.4 Å². The molecule has 1 aliphatic heterocycles. The van der Waals surface area contributed by atoms with Crippen LogP contribution in [-0.2, 0) is 16.1 Å². The second-order valence-electron chi connectivity index (χ2n) is 10.1. The summed E-state index contributed by atoms with van der Waals surface area (Å²) in [6, 6.07) is 17.5. The molecule has 4 rings (SSSR count). The van der Waals surface area contributed by atoms with E-state index in [1.807, 2.05) is 49.4 Å². The molecule has 0 aromatic heterocycles. The van der Waals surface area contributed by atoms with Crippen LogP contribution >= 0.6 is 0 Å². The summed E-state index contributed by atoms with van der Waals surface area (Å²) in [7, 11) is 1.47. The second kappa shape index (κ2) is 10.8. The van der Waals surface area contributed by atoms with Gasteiger partial charge >= 0.3 is 5.97 Å². The molecular formula is C30H32N2O6. The number of carbonyl (C=O) groups excluding carboxylic acids is 3. The maximum absolute atomic E-state index is 13.5. The predicted molar refractivity (Wildman–Crippen MR) is 144 cm³/mol. The number of imide groups is 1. The fourth-order valence-corrected chi connectivity index (χ4v) is 4.48. The highest BCUT2D eigenvalue weighted by molar-refractivity contribution is 6.35. The van der Waals surface area contributed by atoms with Crippen LogP contribution in [0.5, 0.6) is 5.75 Å². The van der Waals surface area contributed by atoms with Gasteiger partial charge in [-0.05, 0) is 62.6 Å². The number of esters is 1. The fraction of sp³-hybridized carbons (Fsp3) is 0.300. The summed E-state index contributed by atoms with van der Waals surface area (Å²) in [6.45, 7) is 6.76. The van der Waals surface area contributed by atoms with Crippen molar-refractivity contribution in [3.8, 4) is 16.9 Å². The second-order valence-corrected chi connectivity index (χ2v) is 10.1. The number of fused-ring (bicyclic) bond motifs is 1. The van der Waals surface area contributed by atoms with Gasteiger partial charge < -0.3 is 14.6 Å². The largest absolute Gasteiger partial charge is 0.496 e. The lowest BCUT2D eigenvalue weighted by Crippen LogP contribution is -2.43. The summed E-state index contributed by atoms with van der Waals surface area (Å²) in [5.74, 6) is -1.08. The van der Waals surface area contributed by atoms with Gasteiger partial charge in [-0.1, -0.05) is 42.5 Å². The number of anilines is 1. The highest BCUT2D eigenvalue weighted by Crippen LogP contribution is 2.37. The third kappa shape index (κ3) is 5.32. The highest BCUT2D eigenvalue weighted by Gasteiger charge is 2.39. The average molecular weight is 517 g/mol. The van der Waals surface area contributed by atoms with E-state index in [2.05, 4.69) is 5.32 Å². The Bertz CT molecular complexity index is 1380. The molecule has 8 nitrogen and oxygen atoms in total. The van der Waals surface area contributed by atoms with Gasteiger partial charge in [0.05, 0.1) is 30.5 Å². The van der Waals surface area contributed by atoms with Crippen LogP contribution in [-0.4, -0.2) is 48.2 Å². The van der Waals surface area contributed by atoms with Crippen LogP contribution in [0, 0.1) is 6.92 Å². The van der Waals surface area contributed by atoms with E-state index in [0.29, 0.717) is 17.0 Å². The summed E-state index contributed by atoms with van der Waals surface area (Å²) in [4.78, 5) is 40.6. The molecule has 8 heteroatoms. The number of methoxy groups -OCH3 is 1. The molecule has 0 saturated carbocycles. The first-order valence-corrected chi connectivity index (χ1v) is 12.4. The summed E-state index contributed by atoms with van der Waals surface area (Å²) >= 11 is 0. The Hall–Kier alpha value is -4.01. The van der Waals surface area contributed by atoms with Gasteiger partial charge in [0, 0.05) is 12.1 Å². The van der Waals surface area contributed by atoms with E-state index < -0.39 is 36.0 Å². The van der Waals surface area contributed by atoms with E-state index in [1.54, 1.807) is 39.0 Å². The van der Waals surface area contributed by atoms with E-state index >= 15 is 0 Å². The normalized spacial score (nSPS) is 13.9. The van der Waals surface area contributed by atoms with Crippen molar-refractivity contribution in [1.82, 2.24) is 5.32 Å². The van der Waals surface area contributed by atoms with Crippen LogP contribution < -0.4 is 15.0 Å². The van der Waals surface area contributed by atoms with Crippen molar-refractivity contribution in [2.45, 2.75) is 45.9 Å². The van der Waals surface area contributed by atoms with Gasteiger partial charge in [-0.25, -0.2) is 4.90 Å². The van der Waals surface area contributed by atoms with Crippen molar-refractivity contribution in [2.24, 2.45) is 0 Å². The topological polar surface area (TPSA) is 105 Å². The number of amides is 2. The van der Waals surface area contributed by atoms with Gasteiger partial charge in [0.2, 0.25) is 0 Å². The van der Waals surface area contributed by atoms with Crippen LogP contribution in [0.1, 0.15) is 52.6 Å². The van der Waals surface area contributed by atoms with Gasteiger partial charge in [-0.15, -0.1) is 0 Å². The van der Waals surface area contributed by atoms with E-state index in [0.717, 1.165) is 16.7 Å². The number of hydrogen-bond acceptors (Lipinski definition) is 7. The smallest absolute Gasteiger partial charge is 0.326 e. The Morgan fingerprint density at radius 3 is 2.24 bits per heavy atom. The van der Waals surface area contributed by atoms with Crippen LogP contribution in [0.4, 0.5) is 5.69 Å². The molecular weight excluding hydrogens is 484 g/mol. The van der Waals surface area contributed by atoms with Gasteiger partial charge in [-0.2, -0.15) is 0 Å². The maximum atomic E-state index is 13.5. The zero-order valence-electron chi connectivity index (χ0n) is 22.2. The van der Waals surface area contributed by atoms with Gasteiger partial charge in [-0.3, -0.25) is 19.7 Å². The zero-order chi connectivity index (χ0) is 27.6. The van der Waals surface area contributed by atoms with Crippen molar-refractivity contribution in [1.29, 1.82) is 0 Å². The summed E-state index contributed by atoms with van der Waals surface area (Å²) < 4.78 is 10.9. The Balaban J connectivity index is 1.64. The summed E-state index contributed by atoms with van der Waals surface area (Å²) in [5.41, 5.74) is 3.59. The number of hydrogen-bond donors (Lipinski definition) is 2. The molecule has 1 heterocycles.